The van der Waals surface area contributed by atoms with Crippen molar-refractivity contribution in [3.63, 3.8) is 0 Å². The standard InChI is InChI=1S/C20H24BrFN4O3/c1-3-5-11-25(16(27)9-6-13-12-14(21)7-8-15(13)22)17-18(23)26(10-4-2)20(29)24-19(17)28/h6-9,12H,3-5,10-11,23H2,1-2H3,(H,24,28,29)/b9-6+. The van der Waals surface area contributed by atoms with Crippen molar-refractivity contribution < 1.29 is 9.18 Å². The van der Waals surface area contributed by atoms with Gasteiger partial charge in [-0.2, -0.15) is 0 Å². The molecule has 2 rings (SSSR count). The maximum Gasteiger partial charge on any atom is 0.330 e. The first-order chi connectivity index (χ1) is 13.8. The number of hydrogen-bond donors (Lipinski definition) is 2. The van der Waals surface area contributed by atoms with Crippen LogP contribution in [0.1, 0.15) is 38.7 Å². The van der Waals surface area contributed by atoms with E-state index in [4.69, 9.17) is 5.73 Å². The average molecular weight is 467 g/mol. The van der Waals surface area contributed by atoms with E-state index in [0.717, 1.165) is 6.42 Å². The molecule has 0 saturated heterocycles. The van der Waals surface area contributed by atoms with E-state index in [9.17, 15) is 18.8 Å². The fraction of sp³-hybridized carbons (Fsp3) is 0.350. The summed E-state index contributed by atoms with van der Waals surface area (Å²) in [6.07, 6.45) is 4.56. The van der Waals surface area contributed by atoms with Crippen LogP contribution in [0.2, 0.25) is 0 Å². The predicted molar refractivity (Wildman–Crippen MR) is 116 cm³/mol. The van der Waals surface area contributed by atoms with Gasteiger partial charge in [0.2, 0.25) is 0 Å². The van der Waals surface area contributed by atoms with Crippen molar-refractivity contribution in [2.45, 2.75) is 39.7 Å². The van der Waals surface area contributed by atoms with E-state index in [-0.39, 0.29) is 23.6 Å². The second kappa shape index (κ2) is 10.2. The summed E-state index contributed by atoms with van der Waals surface area (Å²) in [5.74, 6) is -1.07. The highest BCUT2D eigenvalue weighted by Gasteiger charge is 2.22. The third kappa shape index (κ3) is 5.44. The Hall–Kier alpha value is -2.68. The number of nitrogen functional groups attached to an aromatic ring is 1. The van der Waals surface area contributed by atoms with E-state index in [0.29, 0.717) is 23.9 Å². The van der Waals surface area contributed by atoms with Gasteiger partial charge in [0.15, 0.2) is 5.69 Å². The Morgan fingerprint density at radius 2 is 2.03 bits per heavy atom. The third-order valence-electron chi connectivity index (χ3n) is 4.30. The molecule has 0 saturated carbocycles. The maximum atomic E-state index is 13.9. The van der Waals surface area contributed by atoms with Crippen LogP contribution in [-0.2, 0) is 11.3 Å². The lowest BCUT2D eigenvalue weighted by molar-refractivity contribution is -0.114. The molecule has 3 N–H and O–H groups in total. The van der Waals surface area contributed by atoms with Crippen LogP contribution in [-0.4, -0.2) is 22.0 Å². The molecule has 0 bridgehead atoms. The van der Waals surface area contributed by atoms with Crippen LogP contribution >= 0.6 is 15.9 Å². The SMILES string of the molecule is CCCCN(C(=O)/C=C/c1cc(Br)ccc1F)c1c(N)n(CCC)c(=O)[nH]c1=O. The lowest BCUT2D eigenvalue weighted by Gasteiger charge is -2.23. The van der Waals surface area contributed by atoms with E-state index >= 15 is 0 Å². The largest absolute Gasteiger partial charge is 0.383 e. The zero-order chi connectivity index (χ0) is 21.6. The Morgan fingerprint density at radius 3 is 2.69 bits per heavy atom. The van der Waals surface area contributed by atoms with Crippen LogP contribution in [0.5, 0.6) is 0 Å². The summed E-state index contributed by atoms with van der Waals surface area (Å²) < 4.78 is 15.9. The van der Waals surface area contributed by atoms with Crippen molar-refractivity contribution in [1.82, 2.24) is 9.55 Å². The molecular weight excluding hydrogens is 443 g/mol. The van der Waals surface area contributed by atoms with Crippen molar-refractivity contribution >= 4 is 39.4 Å². The van der Waals surface area contributed by atoms with Crippen LogP contribution < -0.4 is 21.9 Å². The summed E-state index contributed by atoms with van der Waals surface area (Å²) in [6.45, 7) is 4.36. The molecule has 1 aromatic heterocycles. The third-order valence-corrected chi connectivity index (χ3v) is 4.79. The topological polar surface area (TPSA) is 101 Å². The van der Waals surface area contributed by atoms with Crippen molar-refractivity contribution in [3.05, 3.63) is 61.0 Å². The number of nitrogens with two attached hydrogens (primary N) is 1. The number of nitrogens with one attached hydrogen (secondary N) is 1. The molecule has 0 radical (unpaired) electrons. The molecular formula is C20H24BrFN4O3. The van der Waals surface area contributed by atoms with Crippen LogP contribution in [0.4, 0.5) is 15.9 Å². The summed E-state index contributed by atoms with van der Waals surface area (Å²) in [7, 11) is 0. The Labute approximate surface area is 176 Å². The summed E-state index contributed by atoms with van der Waals surface area (Å²) in [5.41, 5.74) is 4.89. The van der Waals surface area contributed by atoms with Gasteiger partial charge < -0.3 is 10.6 Å². The minimum absolute atomic E-state index is 0.0629. The molecule has 9 heteroatoms. The first-order valence-corrected chi connectivity index (χ1v) is 10.2. The number of aromatic nitrogens is 2. The van der Waals surface area contributed by atoms with Crippen LogP contribution in [0.25, 0.3) is 6.08 Å². The Balaban J connectivity index is 2.49. The molecule has 29 heavy (non-hydrogen) atoms. The number of amides is 1. The number of unbranched alkanes of at least 4 members (excludes halogenated alkanes) is 1. The predicted octanol–water partition coefficient (Wildman–Crippen LogP) is 3.28. The zero-order valence-corrected chi connectivity index (χ0v) is 18.0. The number of nitrogens with zero attached hydrogens (tertiary/aromatic N) is 2. The van der Waals surface area contributed by atoms with Crippen LogP contribution in [0.15, 0.2) is 38.3 Å². The lowest BCUT2D eigenvalue weighted by atomic mass is 10.2. The molecule has 0 atom stereocenters. The maximum absolute atomic E-state index is 13.9. The molecule has 0 aliphatic rings. The number of aromatic amines is 1. The molecule has 0 fully saturated rings. The van der Waals surface area contributed by atoms with Crippen molar-refractivity contribution in [2.75, 3.05) is 17.2 Å². The lowest BCUT2D eigenvalue weighted by Crippen LogP contribution is -2.41. The van der Waals surface area contributed by atoms with Gasteiger partial charge in [-0.3, -0.25) is 19.1 Å². The number of hydrogen-bond acceptors (Lipinski definition) is 4. The van der Waals surface area contributed by atoms with Crippen molar-refractivity contribution in [1.29, 1.82) is 0 Å². The summed E-state index contributed by atoms with van der Waals surface area (Å²) >= 11 is 3.26. The molecule has 0 unspecified atom stereocenters. The van der Waals surface area contributed by atoms with E-state index < -0.39 is 23.0 Å². The number of rotatable bonds is 8. The quantitative estimate of drug-likeness (QED) is 0.582. The number of benzene rings is 1. The number of H-pyrrole nitrogens is 1. The molecule has 156 valence electrons. The molecule has 1 amide bonds. The van der Waals surface area contributed by atoms with Crippen molar-refractivity contribution in [2.24, 2.45) is 0 Å². The number of carbonyl (C=O) groups excluding carboxylic acids is 1. The molecule has 0 aliphatic carbocycles. The molecule has 1 heterocycles. The average Bonchev–Trinajstić information content (AvgIpc) is 2.68. The number of carbonyl (C=O) groups is 1. The molecule has 7 nitrogen and oxygen atoms in total. The van der Waals surface area contributed by atoms with Gasteiger partial charge in [-0.15, -0.1) is 0 Å². The van der Waals surface area contributed by atoms with Gasteiger partial charge in [-0.1, -0.05) is 36.2 Å². The van der Waals surface area contributed by atoms with Gasteiger partial charge in [-0.25, -0.2) is 9.18 Å². The van der Waals surface area contributed by atoms with Crippen molar-refractivity contribution in [3.8, 4) is 0 Å². The second-order valence-corrected chi connectivity index (χ2v) is 7.40. The minimum atomic E-state index is -0.730. The molecule has 0 spiro atoms. The highest BCUT2D eigenvalue weighted by molar-refractivity contribution is 9.10. The molecule has 1 aromatic carbocycles. The highest BCUT2D eigenvalue weighted by atomic mass is 79.9. The van der Waals surface area contributed by atoms with E-state index in [1.165, 1.54) is 33.8 Å². The summed E-state index contributed by atoms with van der Waals surface area (Å²) in [5, 5.41) is 0. The fourth-order valence-corrected chi connectivity index (χ4v) is 3.20. The Kier molecular flexibility index (Phi) is 7.95. The highest BCUT2D eigenvalue weighted by Crippen LogP contribution is 2.20. The Bertz CT molecular complexity index is 1030. The van der Waals surface area contributed by atoms with Gasteiger partial charge in [0.05, 0.1) is 0 Å². The van der Waals surface area contributed by atoms with Gasteiger partial charge >= 0.3 is 5.69 Å². The number of anilines is 2. The monoisotopic (exact) mass is 466 g/mol. The second-order valence-electron chi connectivity index (χ2n) is 6.49. The Morgan fingerprint density at radius 1 is 1.31 bits per heavy atom. The number of halogens is 2. The smallest absolute Gasteiger partial charge is 0.330 e. The zero-order valence-electron chi connectivity index (χ0n) is 16.4. The van der Waals surface area contributed by atoms with E-state index in [2.05, 4.69) is 20.9 Å². The van der Waals surface area contributed by atoms with Gasteiger partial charge in [0.25, 0.3) is 11.5 Å². The van der Waals surface area contributed by atoms with Gasteiger partial charge in [0.1, 0.15) is 11.6 Å². The van der Waals surface area contributed by atoms with E-state index in [1.54, 1.807) is 6.07 Å². The fourth-order valence-electron chi connectivity index (χ4n) is 2.83. The van der Waals surface area contributed by atoms with Crippen LogP contribution in [0, 0.1) is 5.82 Å². The normalized spacial score (nSPS) is 11.2. The van der Waals surface area contributed by atoms with Gasteiger partial charge in [-0.05, 0) is 37.1 Å². The minimum Gasteiger partial charge on any atom is -0.383 e. The molecule has 2 aromatic rings. The summed E-state index contributed by atoms with van der Waals surface area (Å²) in [6, 6.07) is 4.38. The first-order valence-electron chi connectivity index (χ1n) is 9.37. The summed E-state index contributed by atoms with van der Waals surface area (Å²) in [4.78, 5) is 40.9. The van der Waals surface area contributed by atoms with E-state index in [1.807, 2.05) is 13.8 Å². The van der Waals surface area contributed by atoms with Gasteiger partial charge in [0, 0.05) is 29.2 Å². The first kappa shape index (κ1) is 22.6. The molecule has 0 aliphatic heterocycles. The van der Waals surface area contributed by atoms with Crippen LogP contribution in [0.3, 0.4) is 0 Å².